The van der Waals surface area contributed by atoms with Crippen LogP contribution < -0.4 is 10.1 Å². The van der Waals surface area contributed by atoms with Crippen LogP contribution in [-0.2, 0) is 13.1 Å². The van der Waals surface area contributed by atoms with Crippen molar-refractivity contribution in [3.63, 3.8) is 0 Å². The maximum absolute atomic E-state index is 5.41. The first kappa shape index (κ1) is 14.0. The molecule has 0 radical (unpaired) electrons. The van der Waals surface area contributed by atoms with Gasteiger partial charge < -0.3 is 10.1 Å². The number of hydrogen-bond donors (Lipinski definition) is 1. The van der Waals surface area contributed by atoms with E-state index >= 15 is 0 Å². The summed E-state index contributed by atoms with van der Waals surface area (Å²) in [4.78, 5) is 9.95. The third-order valence-corrected chi connectivity index (χ3v) is 3.92. The highest BCUT2D eigenvalue weighted by Crippen LogP contribution is 2.23. The van der Waals surface area contributed by atoms with Crippen molar-refractivity contribution in [3.05, 3.63) is 39.1 Å². The summed E-state index contributed by atoms with van der Waals surface area (Å²) in [6, 6.07) is 0. The van der Waals surface area contributed by atoms with Crippen LogP contribution in [0.25, 0.3) is 0 Å². The van der Waals surface area contributed by atoms with Crippen LogP contribution in [0, 0.1) is 20.8 Å². The molecule has 0 saturated carbocycles. The molecule has 2 aromatic heterocycles. The van der Waals surface area contributed by atoms with Gasteiger partial charge in [0.2, 0.25) is 0 Å². The van der Waals surface area contributed by atoms with Crippen LogP contribution in [0.5, 0.6) is 5.75 Å². The minimum atomic E-state index is 0.736. The molecular formula is C14H19N3OS. The van der Waals surface area contributed by atoms with E-state index in [2.05, 4.69) is 15.3 Å². The van der Waals surface area contributed by atoms with Crippen LogP contribution in [0.3, 0.4) is 0 Å². The lowest BCUT2D eigenvalue weighted by Gasteiger charge is -2.12. The second kappa shape index (κ2) is 6.12. The second-order valence-corrected chi connectivity index (χ2v) is 5.81. The molecule has 102 valence electrons. The fourth-order valence-electron chi connectivity index (χ4n) is 2.04. The molecule has 0 atom stereocenters. The smallest absolute Gasteiger partial charge is 0.128 e. The van der Waals surface area contributed by atoms with Crippen LogP contribution in [0.2, 0.25) is 0 Å². The number of ether oxygens (including phenoxy) is 1. The number of thiazole rings is 1. The molecule has 0 fully saturated rings. The van der Waals surface area contributed by atoms with E-state index in [1.807, 2.05) is 33.2 Å². The summed E-state index contributed by atoms with van der Waals surface area (Å²) in [7, 11) is 1.70. The summed E-state index contributed by atoms with van der Waals surface area (Å²) in [6.07, 6.45) is 3.78. The van der Waals surface area contributed by atoms with E-state index in [1.165, 1.54) is 4.88 Å². The molecule has 0 aliphatic rings. The first-order valence-corrected chi connectivity index (χ1v) is 7.04. The molecule has 0 spiro atoms. The number of hydrogen-bond acceptors (Lipinski definition) is 5. The summed E-state index contributed by atoms with van der Waals surface area (Å²) < 4.78 is 5.41. The van der Waals surface area contributed by atoms with Gasteiger partial charge in [0.05, 0.1) is 17.8 Å². The Bertz CT molecular complexity index is 566. The molecule has 19 heavy (non-hydrogen) atoms. The van der Waals surface area contributed by atoms with Crippen molar-refractivity contribution >= 4 is 11.3 Å². The quantitative estimate of drug-likeness (QED) is 0.913. The normalized spacial score (nSPS) is 10.7. The van der Waals surface area contributed by atoms with Crippen molar-refractivity contribution in [3.8, 4) is 5.75 Å². The van der Waals surface area contributed by atoms with Gasteiger partial charge in [-0.3, -0.25) is 4.98 Å². The average Bonchev–Trinajstić information content (AvgIpc) is 2.79. The van der Waals surface area contributed by atoms with Crippen molar-refractivity contribution < 1.29 is 4.74 Å². The van der Waals surface area contributed by atoms with Crippen LogP contribution in [0.4, 0.5) is 0 Å². The highest BCUT2D eigenvalue weighted by Gasteiger charge is 2.09. The fourth-order valence-corrected chi connectivity index (χ4v) is 2.80. The lowest BCUT2D eigenvalue weighted by atomic mass is 10.1. The zero-order valence-electron chi connectivity index (χ0n) is 11.8. The number of nitrogens with one attached hydrogen (secondary N) is 1. The minimum Gasteiger partial charge on any atom is -0.496 e. The highest BCUT2D eigenvalue weighted by atomic mass is 32.1. The molecule has 0 aliphatic heterocycles. The monoisotopic (exact) mass is 277 g/mol. The van der Waals surface area contributed by atoms with Crippen LogP contribution >= 0.6 is 11.3 Å². The molecule has 1 N–H and O–H groups in total. The van der Waals surface area contributed by atoms with Crippen LogP contribution in [-0.4, -0.2) is 17.1 Å². The second-order valence-electron chi connectivity index (χ2n) is 4.50. The van der Waals surface area contributed by atoms with Gasteiger partial charge in [0, 0.05) is 41.5 Å². The molecule has 0 unspecified atom stereocenters. The third-order valence-electron chi connectivity index (χ3n) is 3.01. The zero-order valence-corrected chi connectivity index (χ0v) is 12.6. The van der Waals surface area contributed by atoms with Gasteiger partial charge in [-0.05, 0) is 20.8 Å². The SMILES string of the molecule is COc1c(C)cnc(CNCc2cnc(C)s2)c1C. The van der Waals surface area contributed by atoms with Crippen molar-refractivity contribution in [1.82, 2.24) is 15.3 Å². The Morgan fingerprint density at radius 1 is 1.16 bits per heavy atom. The zero-order chi connectivity index (χ0) is 13.8. The molecule has 2 rings (SSSR count). The van der Waals surface area contributed by atoms with E-state index in [1.54, 1.807) is 18.4 Å². The van der Waals surface area contributed by atoms with Gasteiger partial charge in [-0.25, -0.2) is 4.98 Å². The minimum absolute atomic E-state index is 0.736. The van der Waals surface area contributed by atoms with Crippen molar-refractivity contribution in [2.45, 2.75) is 33.9 Å². The molecule has 0 bridgehead atoms. The van der Waals surface area contributed by atoms with Crippen LogP contribution in [0.1, 0.15) is 26.7 Å². The Morgan fingerprint density at radius 2 is 1.95 bits per heavy atom. The average molecular weight is 277 g/mol. The van der Waals surface area contributed by atoms with E-state index in [0.29, 0.717) is 0 Å². The third kappa shape index (κ3) is 3.30. The number of nitrogens with zero attached hydrogens (tertiary/aromatic N) is 2. The van der Waals surface area contributed by atoms with E-state index in [-0.39, 0.29) is 0 Å². The number of rotatable bonds is 5. The van der Waals surface area contributed by atoms with Crippen molar-refractivity contribution in [2.75, 3.05) is 7.11 Å². The summed E-state index contributed by atoms with van der Waals surface area (Å²) >= 11 is 1.72. The van der Waals surface area contributed by atoms with E-state index < -0.39 is 0 Å². The standard InChI is InChI=1S/C14H19N3OS/c1-9-5-17-13(10(2)14(9)18-4)8-15-6-12-7-16-11(3)19-12/h5,7,15H,6,8H2,1-4H3. The lowest BCUT2D eigenvalue weighted by molar-refractivity contribution is 0.406. The fraction of sp³-hybridized carbons (Fsp3) is 0.429. The van der Waals surface area contributed by atoms with Crippen molar-refractivity contribution in [1.29, 1.82) is 0 Å². The van der Waals surface area contributed by atoms with E-state index in [0.717, 1.165) is 40.7 Å². The molecule has 5 heteroatoms. The Balaban J connectivity index is 2.00. The number of methoxy groups -OCH3 is 1. The first-order chi connectivity index (χ1) is 9.11. The molecule has 2 aromatic rings. The predicted octanol–water partition coefficient (Wildman–Crippen LogP) is 2.76. The first-order valence-electron chi connectivity index (χ1n) is 6.23. The summed E-state index contributed by atoms with van der Waals surface area (Å²) in [5.74, 6) is 0.931. The highest BCUT2D eigenvalue weighted by molar-refractivity contribution is 7.11. The van der Waals surface area contributed by atoms with Crippen LogP contribution in [0.15, 0.2) is 12.4 Å². The molecule has 4 nitrogen and oxygen atoms in total. The van der Waals surface area contributed by atoms with Gasteiger partial charge in [-0.2, -0.15) is 0 Å². The largest absolute Gasteiger partial charge is 0.496 e. The van der Waals surface area contributed by atoms with Gasteiger partial charge in [-0.15, -0.1) is 11.3 Å². The number of pyridine rings is 1. The molecular weight excluding hydrogens is 258 g/mol. The topological polar surface area (TPSA) is 47.0 Å². The number of aryl methyl sites for hydroxylation is 2. The van der Waals surface area contributed by atoms with Gasteiger partial charge in [-0.1, -0.05) is 0 Å². The Hall–Kier alpha value is -1.46. The van der Waals surface area contributed by atoms with E-state index in [9.17, 15) is 0 Å². The maximum atomic E-state index is 5.41. The van der Waals surface area contributed by atoms with Crippen molar-refractivity contribution in [2.24, 2.45) is 0 Å². The summed E-state index contributed by atoms with van der Waals surface area (Å²) in [5, 5.41) is 4.50. The molecule has 0 amide bonds. The summed E-state index contributed by atoms with van der Waals surface area (Å²) in [5.41, 5.74) is 3.21. The Kier molecular flexibility index (Phi) is 4.50. The van der Waals surface area contributed by atoms with Gasteiger partial charge in [0.25, 0.3) is 0 Å². The lowest BCUT2D eigenvalue weighted by Crippen LogP contribution is -2.14. The van der Waals surface area contributed by atoms with E-state index in [4.69, 9.17) is 4.74 Å². The van der Waals surface area contributed by atoms with Gasteiger partial charge in [0.15, 0.2) is 0 Å². The molecule has 0 aliphatic carbocycles. The number of aromatic nitrogens is 2. The molecule has 0 saturated heterocycles. The van der Waals surface area contributed by atoms with Gasteiger partial charge in [0.1, 0.15) is 5.75 Å². The predicted molar refractivity (Wildman–Crippen MR) is 77.7 cm³/mol. The Morgan fingerprint density at radius 3 is 2.58 bits per heavy atom. The summed E-state index contributed by atoms with van der Waals surface area (Å²) in [6.45, 7) is 7.63. The Labute approximate surface area is 117 Å². The molecule has 0 aromatic carbocycles. The maximum Gasteiger partial charge on any atom is 0.128 e. The van der Waals surface area contributed by atoms with Gasteiger partial charge >= 0.3 is 0 Å². The molecule has 2 heterocycles.